The van der Waals surface area contributed by atoms with Gasteiger partial charge in [-0.15, -0.1) is 0 Å². The topological polar surface area (TPSA) is 61.4 Å². The number of alkyl halides is 3. The fraction of sp³-hybridized carbons (Fsp3) is 0.417. The highest BCUT2D eigenvalue weighted by atomic mass is 19.4. The van der Waals surface area contributed by atoms with Gasteiger partial charge >= 0.3 is 6.18 Å². The molecule has 7 heteroatoms. The predicted octanol–water partition coefficient (Wildman–Crippen LogP) is 2.37. The number of nitrogens with one attached hydrogen (secondary N) is 2. The number of anilines is 2. The summed E-state index contributed by atoms with van der Waals surface area (Å²) in [7, 11) is 0. The Morgan fingerprint density at radius 1 is 1.37 bits per heavy atom. The Bertz CT molecular complexity index is 435. The van der Waals surface area contributed by atoms with Crippen molar-refractivity contribution in [2.24, 2.45) is 0 Å². The van der Waals surface area contributed by atoms with E-state index in [4.69, 9.17) is 5.11 Å². The molecular weight excluding hydrogens is 261 g/mol. The highest BCUT2D eigenvalue weighted by Crippen LogP contribution is 2.24. The Hall–Kier alpha value is -1.76. The van der Waals surface area contributed by atoms with E-state index in [1.165, 1.54) is 13.0 Å². The van der Waals surface area contributed by atoms with Gasteiger partial charge in [0.15, 0.2) is 0 Å². The van der Waals surface area contributed by atoms with E-state index < -0.39 is 31.2 Å². The van der Waals surface area contributed by atoms with Crippen LogP contribution in [0.2, 0.25) is 0 Å². The van der Waals surface area contributed by atoms with Crippen molar-refractivity contribution < 1.29 is 23.1 Å². The average molecular weight is 276 g/mol. The Kier molecular flexibility index (Phi) is 5.17. The predicted molar refractivity (Wildman–Crippen MR) is 65.9 cm³/mol. The van der Waals surface area contributed by atoms with Crippen LogP contribution in [0.1, 0.15) is 13.3 Å². The molecule has 106 valence electrons. The first-order valence-electron chi connectivity index (χ1n) is 5.64. The van der Waals surface area contributed by atoms with Gasteiger partial charge in [-0.1, -0.05) is 6.07 Å². The van der Waals surface area contributed by atoms with Gasteiger partial charge in [0.1, 0.15) is 6.61 Å². The van der Waals surface area contributed by atoms with E-state index in [9.17, 15) is 18.0 Å². The fourth-order valence-electron chi connectivity index (χ4n) is 1.57. The zero-order chi connectivity index (χ0) is 14.5. The largest absolute Gasteiger partial charge is 0.391 e. The minimum atomic E-state index is -4.23. The molecule has 4 nitrogen and oxygen atoms in total. The summed E-state index contributed by atoms with van der Waals surface area (Å²) in [4.78, 5) is 11.0. The molecule has 0 aliphatic rings. The second-order valence-electron chi connectivity index (χ2n) is 4.15. The summed E-state index contributed by atoms with van der Waals surface area (Å²) in [5.41, 5.74) is 0.871. The van der Waals surface area contributed by atoms with Crippen LogP contribution < -0.4 is 10.6 Å². The van der Waals surface area contributed by atoms with Gasteiger partial charge in [-0.05, 0) is 25.1 Å². The van der Waals surface area contributed by atoms with E-state index in [2.05, 4.69) is 10.6 Å². The van der Waals surface area contributed by atoms with E-state index >= 15 is 0 Å². The lowest BCUT2D eigenvalue weighted by molar-refractivity contribution is -0.136. The van der Waals surface area contributed by atoms with Crippen LogP contribution in [0.4, 0.5) is 24.5 Å². The van der Waals surface area contributed by atoms with Gasteiger partial charge in [0.2, 0.25) is 5.91 Å². The minimum Gasteiger partial charge on any atom is -0.387 e. The molecule has 0 saturated carbocycles. The number of aliphatic hydroxyl groups is 1. The van der Waals surface area contributed by atoms with Crippen LogP contribution in [-0.4, -0.2) is 29.8 Å². The van der Waals surface area contributed by atoms with Gasteiger partial charge in [-0.3, -0.25) is 4.79 Å². The molecule has 0 saturated heterocycles. The van der Waals surface area contributed by atoms with Gasteiger partial charge in [-0.2, -0.15) is 13.2 Å². The van der Waals surface area contributed by atoms with Crippen LogP contribution in [0.3, 0.4) is 0 Å². The quantitative estimate of drug-likeness (QED) is 0.773. The van der Waals surface area contributed by atoms with Gasteiger partial charge < -0.3 is 15.7 Å². The van der Waals surface area contributed by atoms with Crippen LogP contribution in [0.15, 0.2) is 24.3 Å². The van der Waals surface area contributed by atoms with E-state index in [0.717, 1.165) is 0 Å². The molecule has 1 rings (SSSR count). The molecule has 0 spiro atoms. The molecule has 19 heavy (non-hydrogen) atoms. The van der Waals surface area contributed by atoms with Crippen LogP contribution in [-0.2, 0) is 4.79 Å². The smallest absolute Gasteiger partial charge is 0.387 e. The first kappa shape index (κ1) is 15.3. The lowest BCUT2D eigenvalue weighted by Crippen LogP contribution is -2.24. The molecule has 1 atom stereocenters. The number of aliphatic hydroxyl groups excluding tert-OH is 1. The Labute approximate surface area is 108 Å². The first-order valence-corrected chi connectivity index (χ1v) is 5.64. The Morgan fingerprint density at radius 3 is 2.58 bits per heavy atom. The maximum atomic E-state index is 12.2. The molecule has 1 amide bonds. The summed E-state index contributed by atoms with van der Waals surface area (Å²) in [6.45, 7) is 0.772. The SMILES string of the molecule is CC(CC(F)(F)F)Nc1cccc(NC(=O)CO)c1. The molecule has 1 unspecified atom stereocenters. The normalized spacial score (nSPS) is 12.9. The summed E-state index contributed by atoms with van der Waals surface area (Å²) < 4.78 is 36.5. The van der Waals surface area contributed by atoms with Gasteiger partial charge in [-0.25, -0.2) is 0 Å². The van der Waals surface area contributed by atoms with Gasteiger partial charge in [0, 0.05) is 17.4 Å². The Balaban J connectivity index is 2.64. The summed E-state index contributed by atoms with van der Waals surface area (Å²) in [5, 5.41) is 13.7. The summed E-state index contributed by atoms with van der Waals surface area (Å²) in [6.07, 6.45) is -5.17. The van der Waals surface area contributed by atoms with E-state index in [1.54, 1.807) is 18.2 Å². The van der Waals surface area contributed by atoms with Crippen molar-refractivity contribution in [1.82, 2.24) is 0 Å². The number of benzene rings is 1. The standard InChI is InChI=1S/C12H15F3N2O2/c1-8(6-12(13,14)15)16-9-3-2-4-10(5-9)17-11(19)7-18/h2-5,8,16,18H,6-7H2,1H3,(H,17,19). The van der Waals surface area contributed by atoms with Crippen molar-refractivity contribution in [1.29, 1.82) is 0 Å². The van der Waals surface area contributed by atoms with E-state index in [-0.39, 0.29) is 0 Å². The number of hydrogen-bond acceptors (Lipinski definition) is 3. The van der Waals surface area contributed by atoms with Gasteiger partial charge in [0.25, 0.3) is 0 Å². The minimum absolute atomic E-state index is 0.406. The molecule has 3 N–H and O–H groups in total. The second kappa shape index (κ2) is 6.42. The zero-order valence-corrected chi connectivity index (χ0v) is 10.3. The summed E-state index contributed by atoms with van der Waals surface area (Å²) in [5.74, 6) is -0.583. The highest BCUT2D eigenvalue weighted by molar-refractivity contribution is 5.91. The lowest BCUT2D eigenvalue weighted by atomic mass is 10.2. The van der Waals surface area contributed by atoms with Crippen LogP contribution >= 0.6 is 0 Å². The summed E-state index contributed by atoms with van der Waals surface area (Å²) in [6, 6.07) is 5.49. The molecule has 0 fully saturated rings. The van der Waals surface area contributed by atoms with E-state index in [1.807, 2.05) is 0 Å². The van der Waals surface area contributed by atoms with Crippen molar-refractivity contribution in [2.45, 2.75) is 25.6 Å². The van der Waals surface area contributed by atoms with Crippen molar-refractivity contribution in [2.75, 3.05) is 17.2 Å². The number of hydrogen-bond donors (Lipinski definition) is 3. The first-order chi connectivity index (χ1) is 8.80. The molecule has 0 radical (unpaired) electrons. The average Bonchev–Trinajstić information content (AvgIpc) is 2.26. The molecule has 0 aliphatic heterocycles. The third kappa shape index (κ3) is 6.10. The third-order valence-corrected chi connectivity index (χ3v) is 2.24. The van der Waals surface area contributed by atoms with Crippen molar-refractivity contribution in [3.8, 4) is 0 Å². The van der Waals surface area contributed by atoms with Crippen LogP contribution in [0, 0.1) is 0 Å². The highest BCUT2D eigenvalue weighted by Gasteiger charge is 2.29. The number of carbonyl (C=O) groups is 1. The summed E-state index contributed by atoms with van der Waals surface area (Å²) >= 11 is 0. The molecular formula is C12H15F3N2O2. The van der Waals surface area contributed by atoms with Crippen molar-refractivity contribution in [3.05, 3.63) is 24.3 Å². The van der Waals surface area contributed by atoms with Crippen LogP contribution in [0.25, 0.3) is 0 Å². The Morgan fingerprint density at radius 2 is 2.00 bits per heavy atom. The maximum Gasteiger partial charge on any atom is 0.391 e. The molecule has 1 aromatic carbocycles. The van der Waals surface area contributed by atoms with Gasteiger partial charge in [0.05, 0.1) is 6.42 Å². The van der Waals surface area contributed by atoms with E-state index in [0.29, 0.717) is 11.4 Å². The fourth-order valence-corrected chi connectivity index (χ4v) is 1.57. The number of rotatable bonds is 5. The molecule has 0 heterocycles. The number of carbonyl (C=O) groups excluding carboxylic acids is 1. The molecule has 0 bridgehead atoms. The number of halogens is 3. The monoisotopic (exact) mass is 276 g/mol. The van der Waals surface area contributed by atoms with Crippen LogP contribution in [0.5, 0.6) is 0 Å². The molecule has 0 aliphatic carbocycles. The molecule has 1 aromatic rings. The zero-order valence-electron chi connectivity index (χ0n) is 10.3. The van der Waals surface area contributed by atoms with Crippen molar-refractivity contribution >= 4 is 17.3 Å². The van der Waals surface area contributed by atoms with Crippen molar-refractivity contribution in [3.63, 3.8) is 0 Å². The lowest BCUT2D eigenvalue weighted by Gasteiger charge is -2.17. The second-order valence-corrected chi connectivity index (χ2v) is 4.15. The molecule has 0 aromatic heterocycles. The third-order valence-electron chi connectivity index (χ3n) is 2.24. The number of amides is 1. The maximum absolute atomic E-state index is 12.2.